The predicted molar refractivity (Wildman–Crippen MR) is 173 cm³/mol. The van der Waals surface area contributed by atoms with Gasteiger partial charge in [-0.05, 0) is 70.4 Å². The van der Waals surface area contributed by atoms with Crippen LogP contribution in [0.5, 0.6) is 0 Å². The van der Waals surface area contributed by atoms with E-state index >= 15 is 0 Å². The number of thioether (sulfide) groups is 1. The number of carbonyl (C=O) groups excluding carboxylic acids is 2. The number of imidazole rings is 1. The van der Waals surface area contributed by atoms with Crippen LogP contribution >= 0.6 is 11.8 Å². The van der Waals surface area contributed by atoms with E-state index in [2.05, 4.69) is 33.5 Å². The maximum absolute atomic E-state index is 12.4. The summed E-state index contributed by atoms with van der Waals surface area (Å²) < 4.78 is 13.1. The van der Waals surface area contributed by atoms with Gasteiger partial charge in [-0.1, -0.05) is 57.6 Å². The number of hydrogen-bond acceptors (Lipinski definition) is 7. The SMILES string of the molecule is CCCCCC/C=C\CSCCOC(=O)CCN(CCCCCCCC(=O)OCC12CC(C1)C2)CCCn1ccnc1. The van der Waals surface area contributed by atoms with E-state index in [0.29, 0.717) is 31.5 Å². The van der Waals surface area contributed by atoms with E-state index in [1.807, 2.05) is 30.5 Å². The Hall–Kier alpha value is -1.80. The summed E-state index contributed by atoms with van der Waals surface area (Å²) in [5, 5.41) is 0. The van der Waals surface area contributed by atoms with Crippen molar-refractivity contribution in [3.05, 3.63) is 30.9 Å². The van der Waals surface area contributed by atoms with Crippen molar-refractivity contribution >= 4 is 23.7 Å². The Bertz CT molecular complexity index is 874. The van der Waals surface area contributed by atoms with Crippen molar-refractivity contribution in [3.8, 4) is 0 Å². The minimum Gasteiger partial charge on any atom is -0.465 e. The van der Waals surface area contributed by atoms with Gasteiger partial charge in [-0.2, -0.15) is 11.8 Å². The standard InChI is InChI=1S/C34H57N3O4S/c1-2-3-4-5-6-10-13-24-42-25-23-40-33(39)16-21-36(19-14-20-37-22-17-35-30-37)18-12-9-7-8-11-15-32(38)41-29-34-26-31(27-34)28-34/h10,13,17,22,30-31H,2-9,11-12,14-16,18-21,23-29H2,1H3/b13-10-. The van der Waals surface area contributed by atoms with Crippen LogP contribution in [0.3, 0.4) is 0 Å². The van der Waals surface area contributed by atoms with Crippen molar-refractivity contribution in [1.29, 1.82) is 0 Å². The number of carbonyl (C=O) groups is 2. The summed E-state index contributed by atoms with van der Waals surface area (Å²) in [6.07, 6.45) is 27.8. The second-order valence-corrected chi connectivity index (χ2v) is 13.7. The number of hydrogen-bond donors (Lipinski definition) is 0. The first-order valence-corrected chi connectivity index (χ1v) is 18.0. The van der Waals surface area contributed by atoms with Gasteiger partial charge in [0.05, 0.1) is 19.4 Å². The average Bonchev–Trinajstić information content (AvgIpc) is 3.45. The summed E-state index contributed by atoms with van der Waals surface area (Å²) in [7, 11) is 0. The van der Waals surface area contributed by atoms with Gasteiger partial charge in [0.2, 0.25) is 0 Å². The molecule has 3 fully saturated rings. The second kappa shape index (κ2) is 21.0. The van der Waals surface area contributed by atoms with Crippen LogP contribution in [-0.2, 0) is 25.6 Å². The molecular weight excluding hydrogens is 546 g/mol. The number of rotatable bonds is 27. The normalized spacial score (nSPS) is 19.1. The van der Waals surface area contributed by atoms with Crippen molar-refractivity contribution in [2.45, 2.75) is 116 Å². The predicted octanol–water partition coefficient (Wildman–Crippen LogP) is 7.45. The Labute approximate surface area is 259 Å². The molecule has 0 radical (unpaired) electrons. The van der Waals surface area contributed by atoms with Crippen LogP contribution in [0.2, 0.25) is 0 Å². The van der Waals surface area contributed by atoms with Crippen LogP contribution in [0.4, 0.5) is 0 Å². The smallest absolute Gasteiger partial charge is 0.307 e. The molecule has 4 rings (SSSR count). The lowest BCUT2D eigenvalue weighted by molar-refractivity contribution is -0.174. The molecule has 7 nitrogen and oxygen atoms in total. The van der Waals surface area contributed by atoms with Gasteiger partial charge in [-0.15, -0.1) is 0 Å². The zero-order chi connectivity index (χ0) is 29.7. The number of nitrogens with zero attached hydrogens (tertiary/aromatic N) is 3. The monoisotopic (exact) mass is 603 g/mol. The highest BCUT2D eigenvalue weighted by molar-refractivity contribution is 7.99. The summed E-state index contributed by atoms with van der Waals surface area (Å²) in [5.74, 6) is 2.66. The molecule has 8 heteroatoms. The first kappa shape index (κ1) is 34.7. The number of allylic oxidation sites excluding steroid dienone is 1. The lowest BCUT2D eigenvalue weighted by Crippen LogP contribution is -2.54. The number of unbranched alkanes of at least 4 members (excludes halogenated alkanes) is 8. The topological polar surface area (TPSA) is 73.7 Å². The molecule has 3 saturated carbocycles. The maximum atomic E-state index is 12.4. The molecule has 0 N–H and O–H groups in total. The maximum Gasteiger partial charge on any atom is 0.307 e. The molecule has 0 amide bonds. The summed E-state index contributed by atoms with van der Waals surface area (Å²) >= 11 is 1.82. The van der Waals surface area contributed by atoms with Gasteiger partial charge in [-0.25, -0.2) is 4.98 Å². The van der Waals surface area contributed by atoms with Gasteiger partial charge < -0.3 is 18.9 Å². The summed E-state index contributed by atoms with van der Waals surface area (Å²) in [4.78, 5) is 30.9. The van der Waals surface area contributed by atoms with E-state index in [4.69, 9.17) is 9.47 Å². The lowest BCUT2D eigenvalue weighted by Gasteiger charge is -2.61. The number of esters is 2. The van der Waals surface area contributed by atoms with E-state index in [1.54, 1.807) is 0 Å². The van der Waals surface area contributed by atoms with Crippen molar-refractivity contribution in [2.75, 3.05) is 44.4 Å². The van der Waals surface area contributed by atoms with E-state index in [9.17, 15) is 9.59 Å². The van der Waals surface area contributed by atoms with Gasteiger partial charge >= 0.3 is 11.9 Å². The molecule has 0 unspecified atom stereocenters. The second-order valence-electron chi connectivity index (χ2n) is 12.5. The van der Waals surface area contributed by atoms with E-state index in [-0.39, 0.29) is 11.9 Å². The Balaban J connectivity index is 1.19. The molecule has 3 aliphatic carbocycles. The van der Waals surface area contributed by atoms with Crippen LogP contribution in [0.25, 0.3) is 0 Å². The molecule has 1 aromatic heterocycles. The molecule has 2 bridgehead atoms. The molecule has 238 valence electrons. The van der Waals surface area contributed by atoms with Crippen molar-refractivity contribution in [1.82, 2.24) is 14.5 Å². The summed E-state index contributed by atoms with van der Waals surface area (Å²) in [6, 6.07) is 0. The van der Waals surface area contributed by atoms with Crippen LogP contribution in [0.15, 0.2) is 30.9 Å². The lowest BCUT2D eigenvalue weighted by atomic mass is 9.45. The Morgan fingerprint density at radius 3 is 2.45 bits per heavy atom. The highest BCUT2D eigenvalue weighted by Gasteiger charge is 2.57. The minimum absolute atomic E-state index is 0.0146. The fraction of sp³-hybridized carbons (Fsp3) is 0.794. The molecule has 42 heavy (non-hydrogen) atoms. The molecule has 0 aliphatic heterocycles. The van der Waals surface area contributed by atoms with Crippen LogP contribution in [-0.4, -0.2) is 70.7 Å². The molecule has 3 aliphatic rings. The van der Waals surface area contributed by atoms with Crippen LogP contribution in [0, 0.1) is 11.3 Å². The van der Waals surface area contributed by atoms with Gasteiger partial charge in [-0.3, -0.25) is 9.59 Å². The number of aryl methyl sites for hydroxylation is 1. The Morgan fingerprint density at radius 1 is 0.929 bits per heavy atom. The first-order valence-electron chi connectivity index (χ1n) is 16.8. The zero-order valence-electron chi connectivity index (χ0n) is 26.3. The highest BCUT2D eigenvalue weighted by atomic mass is 32.2. The number of aromatic nitrogens is 2. The van der Waals surface area contributed by atoms with Crippen LogP contribution < -0.4 is 0 Å². The van der Waals surface area contributed by atoms with Crippen molar-refractivity contribution in [2.24, 2.45) is 11.3 Å². The minimum atomic E-state index is -0.0948. The van der Waals surface area contributed by atoms with Crippen LogP contribution in [0.1, 0.15) is 110 Å². The molecule has 1 heterocycles. The highest BCUT2D eigenvalue weighted by Crippen LogP contribution is 2.64. The van der Waals surface area contributed by atoms with Gasteiger partial charge in [0.15, 0.2) is 0 Å². The zero-order valence-corrected chi connectivity index (χ0v) is 27.1. The third-order valence-corrected chi connectivity index (χ3v) is 9.62. The average molecular weight is 604 g/mol. The summed E-state index contributed by atoms with van der Waals surface area (Å²) in [6.45, 7) is 7.01. The summed E-state index contributed by atoms with van der Waals surface area (Å²) in [5.41, 5.74) is 0.380. The Morgan fingerprint density at radius 2 is 1.69 bits per heavy atom. The van der Waals surface area contributed by atoms with Gasteiger partial charge in [0, 0.05) is 48.8 Å². The number of ether oxygens (including phenoxy) is 2. The third-order valence-electron chi connectivity index (χ3n) is 8.74. The molecule has 1 aromatic rings. The molecule has 0 saturated heterocycles. The van der Waals surface area contributed by atoms with Gasteiger partial charge in [0.1, 0.15) is 6.61 Å². The third kappa shape index (κ3) is 14.6. The molecule has 0 spiro atoms. The quantitative estimate of drug-likeness (QED) is 0.0587. The van der Waals surface area contributed by atoms with Crippen molar-refractivity contribution in [3.63, 3.8) is 0 Å². The largest absolute Gasteiger partial charge is 0.465 e. The first-order chi connectivity index (χ1) is 20.6. The fourth-order valence-electron chi connectivity index (χ4n) is 6.07. The Kier molecular flexibility index (Phi) is 17.3. The van der Waals surface area contributed by atoms with Gasteiger partial charge in [0.25, 0.3) is 0 Å². The molecular formula is C34H57N3O4S. The van der Waals surface area contributed by atoms with E-state index < -0.39 is 0 Å². The van der Waals surface area contributed by atoms with Crippen molar-refractivity contribution < 1.29 is 19.1 Å². The van der Waals surface area contributed by atoms with E-state index in [0.717, 1.165) is 82.1 Å². The molecule has 0 atom stereocenters. The molecule has 0 aromatic carbocycles. The fourth-order valence-corrected chi connectivity index (χ4v) is 6.71. The van der Waals surface area contributed by atoms with E-state index in [1.165, 1.54) is 51.4 Å².